The van der Waals surface area contributed by atoms with Crippen LogP contribution in [-0.2, 0) is 0 Å². The quantitative estimate of drug-likeness (QED) is 0.656. The van der Waals surface area contributed by atoms with Gasteiger partial charge in [0.1, 0.15) is 0 Å². The van der Waals surface area contributed by atoms with Gasteiger partial charge in [-0.15, -0.1) is 0 Å². The van der Waals surface area contributed by atoms with Crippen LogP contribution >= 0.6 is 0 Å². The average Bonchev–Trinajstić information content (AvgIpc) is 2.29. The van der Waals surface area contributed by atoms with E-state index in [1.165, 1.54) is 0 Å². The topological polar surface area (TPSA) is 37.6 Å². The predicted molar refractivity (Wildman–Crippen MR) is 54.9 cm³/mol. The molecule has 0 atom stereocenters. The molecule has 0 radical (unpaired) electrons. The Hall–Kier alpha value is -2.03. The first-order valence-corrected chi connectivity index (χ1v) is 4.32. The van der Waals surface area contributed by atoms with E-state index in [0.29, 0.717) is 0 Å². The first kappa shape index (κ1) is 8.56. The number of hydrogen-bond donors (Lipinski definition) is 0. The number of pyridine rings is 1. The van der Waals surface area contributed by atoms with E-state index in [9.17, 15) is 0 Å². The van der Waals surface area contributed by atoms with Gasteiger partial charge in [-0.05, 0) is 24.3 Å². The summed E-state index contributed by atoms with van der Waals surface area (Å²) in [5.41, 5.74) is 1.66. The molecule has 0 saturated carbocycles. The van der Waals surface area contributed by atoms with Crippen LogP contribution in [0.15, 0.2) is 65.1 Å². The molecule has 0 unspecified atom stereocenters. The van der Waals surface area contributed by atoms with Gasteiger partial charge in [0.05, 0.1) is 11.4 Å². The SMILES string of the molecule is c1ccc(/N=N/c2ccncc2)cc1. The standard InChI is InChI=1S/C11H9N3/c1-2-4-10(5-3-1)13-14-11-6-8-12-9-7-11/h1-9H/b14-13+. The van der Waals surface area contributed by atoms with Gasteiger partial charge in [0, 0.05) is 12.4 Å². The molecule has 68 valence electrons. The molecule has 14 heavy (non-hydrogen) atoms. The third-order valence-corrected chi connectivity index (χ3v) is 1.70. The monoisotopic (exact) mass is 183 g/mol. The second kappa shape index (κ2) is 4.28. The second-order valence-electron chi connectivity index (χ2n) is 2.74. The maximum absolute atomic E-state index is 4.07. The molecular weight excluding hydrogens is 174 g/mol. The maximum atomic E-state index is 4.07. The van der Waals surface area contributed by atoms with Crippen LogP contribution in [0.1, 0.15) is 0 Å². The first-order valence-electron chi connectivity index (χ1n) is 4.32. The van der Waals surface area contributed by atoms with E-state index in [0.717, 1.165) is 11.4 Å². The molecule has 0 aliphatic rings. The molecule has 0 saturated heterocycles. The lowest BCUT2D eigenvalue weighted by molar-refractivity contribution is 1.21. The number of hydrogen-bond acceptors (Lipinski definition) is 3. The summed E-state index contributed by atoms with van der Waals surface area (Å²) in [6.07, 6.45) is 3.39. The highest BCUT2D eigenvalue weighted by Gasteiger charge is 1.87. The lowest BCUT2D eigenvalue weighted by Crippen LogP contribution is -1.66. The van der Waals surface area contributed by atoms with E-state index < -0.39 is 0 Å². The molecule has 0 aliphatic heterocycles. The highest BCUT2D eigenvalue weighted by Crippen LogP contribution is 2.15. The molecule has 1 heterocycles. The highest BCUT2D eigenvalue weighted by molar-refractivity contribution is 5.38. The molecular formula is C11H9N3. The highest BCUT2D eigenvalue weighted by atomic mass is 15.1. The van der Waals surface area contributed by atoms with Crippen LogP contribution in [0, 0.1) is 0 Å². The van der Waals surface area contributed by atoms with Gasteiger partial charge in [-0.25, -0.2) is 0 Å². The normalized spacial score (nSPS) is 10.6. The molecule has 2 aromatic rings. The van der Waals surface area contributed by atoms with E-state index >= 15 is 0 Å². The second-order valence-corrected chi connectivity index (χ2v) is 2.74. The number of azo groups is 1. The Kier molecular flexibility index (Phi) is 2.62. The van der Waals surface area contributed by atoms with Crippen LogP contribution in [0.4, 0.5) is 11.4 Å². The summed E-state index contributed by atoms with van der Waals surface area (Å²) in [5.74, 6) is 0. The summed E-state index contributed by atoms with van der Waals surface area (Å²) in [6, 6.07) is 13.3. The Balaban J connectivity index is 2.16. The summed E-state index contributed by atoms with van der Waals surface area (Å²) < 4.78 is 0. The molecule has 3 nitrogen and oxygen atoms in total. The average molecular weight is 183 g/mol. The molecule has 0 amide bonds. The first-order chi connectivity index (χ1) is 6.95. The Morgan fingerprint density at radius 2 is 1.29 bits per heavy atom. The summed E-state index contributed by atoms with van der Waals surface area (Å²) in [7, 11) is 0. The van der Waals surface area contributed by atoms with Crippen LogP contribution < -0.4 is 0 Å². The van der Waals surface area contributed by atoms with E-state index in [1.807, 2.05) is 42.5 Å². The van der Waals surface area contributed by atoms with Crippen molar-refractivity contribution in [1.29, 1.82) is 0 Å². The van der Waals surface area contributed by atoms with E-state index in [4.69, 9.17) is 0 Å². The van der Waals surface area contributed by atoms with Gasteiger partial charge >= 0.3 is 0 Å². The number of nitrogens with zero attached hydrogens (tertiary/aromatic N) is 3. The van der Waals surface area contributed by atoms with E-state index in [-0.39, 0.29) is 0 Å². The van der Waals surface area contributed by atoms with Crippen molar-refractivity contribution in [3.8, 4) is 0 Å². The van der Waals surface area contributed by atoms with Crippen molar-refractivity contribution in [2.24, 2.45) is 10.2 Å². The minimum Gasteiger partial charge on any atom is -0.265 e. The maximum Gasteiger partial charge on any atom is 0.0887 e. The Labute approximate surface area is 82.2 Å². The minimum atomic E-state index is 0.809. The number of benzene rings is 1. The van der Waals surface area contributed by atoms with Crippen molar-refractivity contribution in [1.82, 2.24) is 4.98 Å². The van der Waals surface area contributed by atoms with Gasteiger partial charge in [0.2, 0.25) is 0 Å². The van der Waals surface area contributed by atoms with Crippen LogP contribution in [0.5, 0.6) is 0 Å². The van der Waals surface area contributed by atoms with E-state index in [1.54, 1.807) is 12.4 Å². The van der Waals surface area contributed by atoms with Crippen molar-refractivity contribution in [3.63, 3.8) is 0 Å². The number of rotatable bonds is 2. The zero-order valence-corrected chi connectivity index (χ0v) is 7.54. The molecule has 0 fully saturated rings. The smallest absolute Gasteiger partial charge is 0.0887 e. The van der Waals surface area contributed by atoms with Crippen LogP contribution in [0.25, 0.3) is 0 Å². The molecule has 0 N–H and O–H groups in total. The Morgan fingerprint density at radius 3 is 1.93 bits per heavy atom. The fraction of sp³-hybridized carbons (Fsp3) is 0. The molecule has 2 rings (SSSR count). The van der Waals surface area contributed by atoms with Gasteiger partial charge in [-0.2, -0.15) is 10.2 Å². The fourth-order valence-electron chi connectivity index (χ4n) is 1.02. The molecule has 1 aromatic carbocycles. The Morgan fingerprint density at radius 1 is 0.714 bits per heavy atom. The van der Waals surface area contributed by atoms with Crippen molar-refractivity contribution in [2.75, 3.05) is 0 Å². The lowest BCUT2D eigenvalue weighted by Gasteiger charge is -1.90. The fourth-order valence-corrected chi connectivity index (χ4v) is 1.02. The van der Waals surface area contributed by atoms with Gasteiger partial charge in [-0.1, -0.05) is 18.2 Å². The van der Waals surface area contributed by atoms with Gasteiger partial charge in [0.25, 0.3) is 0 Å². The van der Waals surface area contributed by atoms with Crippen molar-refractivity contribution >= 4 is 11.4 Å². The van der Waals surface area contributed by atoms with Gasteiger partial charge in [-0.3, -0.25) is 4.98 Å². The van der Waals surface area contributed by atoms with Crippen LogP contribution in [0.3, 0.4) is 0 Å². The van der Waals surface area contributed by atoms with E-state index in [2.05, 4.69) is 15.2 Å². The summed E-state index contributed by atoms with van der Waals surface area (Å²) in [6.45, 7) is 0. The molecule has 0 aliphatic carbocycles. The van der Waals surface area contributed by atoms with Gasteiger partial charge in [0.15, 0.2) is 0 Å². The van der Waals surface area contributed by atoms with Crippen molar-refractivity contribution < 1.29 is 0 Å². The van der Waals surface area contributed by atoms with Gasteiger partial charge < -0.3 is 0 Å². The summed E-state index contributed by atoms with van der Waals surface area (Å²) >= 11 is 0. The largest absolute Gasteiger partial charge is 0.265 e. The predicted octanol–water partition coefficient (Wildman–Crippen LogP) is 3.50. The third kappa shape index (κ3) is 2.23. The zero-order chi connectivity index (χ0) is 9.64. The minimum absolute atomic E-state index is 0.809. The third-order valence-electron chi connectivity index (χ3n) is 1.70. The Bertz CT molecular complexity index is 368. The van der Waals surface area contributed by atoms with Crippen LogP contribution in [0.2, 0.25) is 0 Å². The lowest BCUT2D eigenvalue weighted by atomic mass is 10.3. The summed E-state index contributed by atoms with van der Waals surface area (Å²) in [5, 5.41) is 8.14. The van der Waals surface area contributed by atoms with Crippen LogP contribution in [-0.4, -0.2) is 4.98 Å². The zero-order valence-electron chi connectivity index (χ0n) is 7.54. The summed E-state index contributed by atoms with van der Waals surface area (Å²) in [4.78, 5) is 3.90. The molecule has 3 heteroatoms. The van der Waals surface area contributed by atoms with Crippen molar-refractivity contribution in [2.45, 2.75) is 0 Å². The van der Waals surface area contributed by atoms with Crippen molar-refractivity contribution in [3.05, 3.63) is 54.9 Å². The number of aromatic nitrogens is 1. The molecule has 0 bridgehead atoms. The molecule has 0 spiro atoms. The molecule has 1 aromatic heterocycles.